The molecule has 0 N–H and O–H groups in total. The Morgan fingerprint density at radius 2 is 0.941 bits per heavy atom. The van der Waals surface area contributed by atoms with Gasteiger partial charge in [0.25, 0.3) is 0 Å². The third kappa shape index (κ3) is 12.6. The second kappa shape index (κ2) is 14.4. The highest BCUT2D eigenvalue weighted by Gasteiger charge is 2.10. The highest BCUT2D eigenvalue weighted by molar-refractivity contribution is 7.96. The quantitative estimate of drug-likeness (QED) is 0.300. The van der Waals surface area contributed by atoms with Gasteiger partial charge in [0.2, 0.25) is 0 Å². The lowest BCUT2D eigenvalue weighted by molar-refractivity contribution is 0.563. The van der Waals surface area contributed by atoms with Crippen LogP contribution in [0.4, 0.5) is 0 Å². The summed E-state index contributed by atoms with van der Waals surface area (Å²) in [6, 6.07) is 0. The van der Waals surface area contributed by atoms with E-state index in [0.29, 0.717) is 0 Å². The van der Waals surface area contributed by atoms with Crippen LogP contribution in [0.5, 0.6) is 0 Å². The maximum Gasteiger partial charge on any atom is 0.108 e. The van der Waals surface area contributed by atoms with E-state index in [1.807, 2.05) is 0 Å². The standard InChI is InChI=1S/C16H35S/c1-4-7-8-9-10-11-12-13-14-15-16-17(5-2)6-3/h4-16H2,1-3H3/q+1. The summed E-state index contributed by atoms with van der Waals surface area (Å²) in [5.41, 5.74) is 0. The Bertz CT molecular complexity index is 129. The molecule has 0 spiro atoms. The van der Waals surface area contributed by atoms with Gasteiger partial charge in [-0.3, -0.25) is 0 Å². The van der Waals surface area contributed by atoms with E-state index in [9.17, 15) is 0 Å². The summed E-state index contributed by atoms with van der Waals surface area (Å²) in [6.45, 7) is 6.99. The van der Waals surface area contributed by atoms with Crippen molar-refractivity contribution in [2.75, 3.05) is 17.3 Å². The minimum atomic E-state index is 0.749. The van der Waals surface area contributed by atoms with E-state index in [1.54, 1.807) is 0 Å². The zero-order chi connectivity index (χ0) is 12.8. The van der Waals surface area contributed by atoms with Crippen molar-refractivity contribution < 1.29 is 0 Å². The number of hydrogen-bond acceptors (Lipinski definition) is 0. The minimum Gasteiger partial charge on any atom is -0.0654 e. The molecule has 0 aliphatic carbocycles. The van der Waals surface area contributed by atoms with Crippen LogP contribution in [-0.2, 0) is 10.9 Å². The average Bonchev–Trinajstić information content (AvgIpc) is 2.36. The lowest BCUT2D eigenvalue weighted by Gasteiger charge is -2.04. The smallest absolute Gasteiger partial charge is 0.0654 e. The van der Waals surface area contributed by atoms with Gasteiger partial charge in [-0.15, -0.1) is 0 Å². The second-order valence-corrected chi connectivity index (χ2v) is 7.86. The lowest BCUT2D eigenvalue weighted by atomic mass is 10.1. The third-order valence-corrected chi connectivity index (χ3v) is 6.10. The van der Waals surface area contributed by atoms with E-state index in [-0.39, 0.29) is 0 Å². The van der Waals surface area contributed by atoms with Crippen molar-refractivity contribution in [2.45, 2.75) is 85.0 Å². The van der Waals surface area contributed by atoms with Crippen molar-refractivity contribution in [3.8, 4) is 0 Å². The normalized spacial score (nSPS) is 11.3. The molecule has 0 heterocycles. The molecular weight excluding hydrogens is 224 g/mol. The number of unbranched alkanes of at least 4 members (excludes halogenated alkanes) is 9. The zero-order valence-corrected chi connectivity index (χ0v) is 13.4. The van der Waals surface area contributed by atoms with Crippen molar-refractivity contribution in [2.24, 2.45) is 0 Å². The van der Waals surface area contributed by atoms with Gasteiger partial charge in [0.05, 0.1) is 0 Å². The topological polar surface area (TPSA) is 0 Å². The summed E-state index contributed by atoms with van der Waals surface area (Å²) < 4.78 is 0. The largest absolute Gasteiger partial charge is 0.108 e. The van der Waals surface area contributed by atoms with Gasteiger partial charge in [0, 0.05) is 0 Å². The first-order valence-corrected chi connectivity index (χ1v) is 9.72. The van der Waals surface area contributed by atoms with Crippen molar-refractivity contribution in [3.05, 3.63) is 0 Å². The Morgan fingerprint density at radius 1 is 0.529 bits per heavy atom. The Hall–Kier alpha value is 0.350. The fourth-order valence-electron chi connectivity index (χ4n) is 2.29. The van der Waals surface area contributed by atoms with Gasteiger partial charge in [-0.1, -0.05) is 58.3 Å². The fourth-order valence-corrected chi connectivity index (χ4v) is 3.88. The molecule has 0 aromatic rings. The first-order chi connectivity index (χ1) is 8.35. The molecular formula is C16H35S+. The Morgan fingerprint density at radius 3 is 1.35 bits per heavy atom. The molecule has 0 aromatic heterocycles. The predicted octanol–water partition coefficient (Wildman–Crippen LogP) is 5.57. The monoisotopic (exact) mass is 259 g/mol. The zero-order valence-electron chi connectivity index (χ0n) is 12.6. The van der Waals surface area contributed by atoms with Crippen LogP contribution in [0.15, 0.2) is 0 Å². The van der Waals surface area contributed by atoms with Crippen LogP contribution < -0.4 is 0 Å². The van der Waals surface area contributed by atoms with Crippen LogP contribution >= 0.6 is 0 Å². The van der Waals surface area contributed by atoms with Crippen molar-refractivity contribution in [1.82, 2.24) is 0 Å². The molecule has 0 rings (SSSR count). The van der Waals surface area contributed by atoms with E-state index in [4.69, 9.17) is 0 Å². The lowest BCUT2D eigenvalue weighted by Crippen LogP contribution is -2.12. The summed E-state index contributed by atoms with van der Waals surface area (Å²) in [7, 11) is 0.749. The summed E-state index contributed by atoms with van der Waals surface area (Å²) in [5.74, 6) is 4.32. The van der Waals surface area contributed by atoms with Crippen LogP contribution in [0.25, 0.3) is 0 Å². The van der Waals surface area contributed by atoms with E-state index < -0.39 is 0 Å². The second-order valence-electron chi connectivity index (χ2n) is 5.08. The average molecular weight is 260 g/mol. The molecule has 1 heteroatoms. The molecule has 0 unspecified atom stereocenters. The number of rotatable bonds is 13. The molecule has 0 amide bonds. The Labute approximate surface area is 113 Å². The van der Waals surface area contributed by atoms with E-state index in [2.05, 4.69) is 20.8 Å². The van der Waals surface area contributed by atoms with E-state index in [1.165, 1.54) is 81.5 Å². The molecule has 0 fully saturated rings. The SMILES string of the molecule is CCCCCCCCCCCC[S+](CC)CC. The molecule has 17 heavy (non-hydrogen) atoms. The molecule has 0 saturated heterocycles. The summed E-state index contributed by atoms with van der Waals surface area (Å²) in [6.07, 6.45) is 14.7. The van der Waals surface area contributed by atoms with Crippen LogP contribution in [0.3, 0.4) is 0 Å². The predicted molar refractivity (Wildman–Crippen MR) is 85.2 cm³/mol. The van der Waals surface area contributed by atoms with Crippen molar-refractivity contribution >= 4 is 10.9 Å². The molecule has 0 saturated carbocycles. The van der Waals surface area contributed by atoms with E-state index >= 15 is 0 Å². The highest BCUT2D eigenvalue weighted by Crippen LogP contribution is 2.11. The molecule has 104 valence electrons. The van der Waals surface area contributed by atoms with E-state index in [0.717, 1.165) is 10.9 Å². The number of hydrogen-bond donors (Lipinski definition) is 0. The van der Waals surface area contributed by atoms with Gasteiger partial charge < -0.3 is 0 Å². The molecule has 0 atom stereocenters. The van der Waals surface area contributed by atoms with Crippen LogP contribution in [0.2, 0.25) is 0 Å². The van der Waals surface area contributed by atoms with Gasteiger partial charge in [0.1, 0.15) is 17.3 Å². The fraction of sp³-hybridized carbons (Fsp3) is 1.00. The molecule has 0 aromatic carbocycles. The molecule has 0 bridgehead atoms. The van der Waals surface area contributed by atoms with Gasteiger partial charge in [-0.05, 0) is 37.6 Å². The maximum absolute atomic E-state index is 2.35. The molecule has 0 nitrogen and oxygen atoms in total. The molecule has 0 aliphatic rings. The van der Waals surface area contributed by atoms with Gasteiger partial charge in [0.15, 0.2) is 0 Å². The van der Waals surface area contributed by atoms with Crippen molar-refractivity contribution in [3.63, 3.8) is 0 Å². The first kappa shape index (κ1) is 17.4. The van der Waals surface area contributed by atoms with Crippen LogP contribution in [0, 0.1) is 0 Å². The first-order valence-electron chi connectivity index (χ1n) is 7.99. The van der Waals surface area contributed by atoms with Gasteiger partial charge in [-0.2, -0.15) is 0 Å². The van der Waals surface area contributed by atoms with Crippen LogP contribution in [-0.4, -0.2) is 17.3 Å². The molecule has 0 radical (unpaired) electrons. The summed E-state index contributed by atoms with van der Waals surface area (Å²) in [4.78, 5) is 0. The minimum absolute atomic E-state index is 0.749. The Balaban J connectivity index is 3.03. The van der Waals surface area contributed by atoms with Crippen LogP contribution in [0.1, 0.15) is 85.0 Å². The highest BCUT2D eigenvalue weighted by atomic mass is 32.2. The summed E-state index contributed by atoms with van der Waals surface area (Å²) >= 11 is 0. The third-order valence-electron chi connectivity index (χ3n) is 3.60. The molecule has 0 aliphatic heterocycles. The maximum atomic E-state index is 2.35. The van der Waals surface area contributed by atoms with Crippen molar-refractivity contribution in [1.29, 1.82) is 0 Å². The Kier molecular flexibility index (Phi) is 14.7. The summed E-state index contributed by atoms with van der Waals surface area (Å²) in [5, 5.41) is 0. The van der Waals surface area contributed by atoms with Gasteiger partial charge in [-0.25, -0.2) is 0 Å². The van der Waals surface area contributed by atoms with Gasteiger partial charge >= 0.3 is 0 Å².